The zero-order chi connectivity index (χ0) is 19.7. The molecule has 0 saturated carbocycles. The van der Waals surface area contributed by atoms with E-state index in [0.29, 0.717) is 12.5 Å². The summed E-state index contributed by atoms with van der Waals surface area (Å²) in [7, 11) is 0. The standard InChI is InChI=1S/C23H26N2O2S/c1-5-26-21-13-16(10-12-20(21)27-14(2)3)22-24-25-23(28-22)19-8-6-7-17-15(4)9-11-18(17)19/h6-8,10,12-15H,5,9,11H2,1-4H3/t15-/m0/s1. The lowest BCUT2D eigenvalue weighted by atomic mass is 10.0. The second kappa shape index (κ2) is 7.92. The van der Waals surface area contributed by atoms with Crippen molar-refractivity contribution in [3.05, 3.63) is 47.5 Å². The monoisotopic (exact) mass is 394 g/mol. The smallest absolute Gasteiger partial charge is 0.161 e. The number of rotatable bonds is 6. The van der Waals surface area contributed by atoms with E-state index in [9.17, 15) is 0 Å². The van der Waals surface area contributed by atoms with E-state index in [1.165, 1.54) is 23.1 Å². The first kappa shape index (κ1) is 18.9. The van der Waals surface area contributed by atoms with Crippen molar-refractivity contribution in [3.8, 4) is 32.6 Å². The minimum absolute atomic E-state index is 0.0979. The van der Waals surface area contributed by atoms with E-state index < -0.39 is 0 Å². The van der Waals surface area contributed by atoms with Crippen LogP contribution in [-0.2, 0) is 6.42 Å². The molecule has 5 heteroatoms. The molecule has 4 rings (SSSR count). The summed E-state index contributed by atoms with van der Waals surface area (Å²) < 4.78 is 11.7. The molecule has 0 saturated heterocycles. The molecule has 0 N–H and O–H groups in total. The number of aromatic nitrogens is 2. The van der Waals surface area contributed by atoms with Gasteiger partial charge < -0.3 is 9.47 Å². The number of nitrogens with zero attached hydrogens (tertiary/aromatic N) is 2. The molecule has 1 heterocycles. The molecule has 0 amide bonds. The summed E-state index contributed by atoms with van der Waals surface area (Å²) in [6.07, 6.45) is 2.44. The largest absolute Gasteiger partial charge is 0.490 e. The Morgan fingerprint density at radius 1 is 1.11 bits per heavy atom. The number of fused-ring (bicyclic) bond motifs is 1. The molecule has 4 nitrogen and oxygen atoms in total. The van der Waals surface area contributed by atoms with Gasteiger partial charge in [0, 0.05) is 11.1 Å². The molecule has 0 unspecified atom stereocenters. The van der Waals surface area contributed by atoms with E-state index in [0.717, 1.165) is 33.5 Å². The first-order chi connectivity index (χ1) is 13.6. The SMILES string of the molecule is CCOc1cc(-c2nnc(-c3cccc4c3CC[C@@H]4C)s2)ccc1OC(C)C. The zero-order valence-corrected chi connectivity index (χ0v) is 17.7. The van der Waals surface area contributed by atoms with Gasteiger partial charge in [0.2, 0.25) is 0 Å². The molecular weight excluding hydrogens is 368 g/mol. The van der Waals surface area contributed by atoms with E-state index >= 15 is 0 Å². The minimum Gasteiger partial charge on any atom is -0.490 e. The third-order valence-corrected chi connectivity index (χ3v) is 6.08. The van der Waals surface area contributed by atoms with Crippen molar-refractivity contribution in [1.29, 1.82) is 0 Å². The summed E-state index contributed by atoms with van der Waals surface area (Å²) in [5, 5.41) is 10.9. The number of ether oxygens (including phenoxy) is 2. The van der Waals surface area contributed by atoms with E-state index in [-0.39, 0.29) is 6.10 Å². The van der Waals surface area contributed by atoms with Crippen LogP contribution in [0.5, 0.6) is 11.5 Å². The van der Waals surface area contributed by atoms with E-state index in [1.807, 2.05) is 39.0 Å². The fourth-order valence-corrected chi connectivity index (χ4v) is 4.66. The summed E-state index contributed by atoms with van der Waals surface area (Å²) in [5.74, 6) is 2.14. The lowest BCUT2D eigenvalue weighted by molar-refractivity contribution is 0.224. The van der Waals surface area contributed by atoms with Gasteiger partial charge >= 0.3 is 0 Å². The molecule has 2 aromatic carbocycles. The molecular formula is C23H26N2O2S. The van der Waals surface area contributed by atoms with Gasteiger partial charge in [-0.1, -0.05) is 36.5 Å². The lowest BCUT2D eigenvalue weighted by Crippen LogP contribution is -2.07. The highest BCUT2D eigenvalue weighted by molar-refractivity contribution is 7.17. The number of benzene rings is 2. The van der Waals surface area contributed by atoms with Crippen LogP contribution in [0.3, 0.4) is 0 Å². The fraction of sp³-hybridized carbons (Fsp3) is 0.391. The maximum atomic E-state index is 5.87. The molecule has 146 valence electrons. The normalized spacial score (nSPS) is 15.7. The Bertz CT molecular complexity index is 980. The maximum Gasteiger partial charge on any atom is 0.161 e. The highest BCUT2D eigenvalue weighted by atomic mass is 32.1. The number of hydrogen-bond donors (Lipinski definition) is 0. The van der Waals surface area contributed by atoms with Gasteiger partial charge in [0.1, 0.15) is 10.0 Å². The maximum absolute atomic E-state index is 5.87. The Morgan fingerprint density at radius 3 is 2.71 bits per heavy atom. The summed E-state index contributed by atoms with van der Waals surface area (Å²) >= 11 is 1.63. The summed E-state index contributed by atoms with van der Waals surface area (Å²) in [4.78, 5) is 0. The van der Waals surface area contributed by atoms with Gasteiger partial charge in [0.05, 0.1) is 12.7 Å². The van der Waals surface area contributed by atoms with Gasteiger partial charge in [-0.2, -0.15) is 0 Å². The lowest BCUT2D eigenvalue weighted by Gasteiger charge is -2.15. The predicted molar refractivity (Wildman–Crippen MR) is 114 cm³/mol. The van der Waals surface area contributed by atoms with Crippen LogP contribution in [0.2, 0.25) is 0 Å². The highest BCUT2D eigenvalue weighted by Crippen LogP contribution is 2.41. The van der Waals surface area contributed by atoms with Crippen molar-refractivity contribution in [3.63, 3.8) is 0 Å². The Balaban J connectivity index is 1.68. The van der Waals surface area contributed by atoms with E-state index in [4.69, 9.17) is 9.47 Å². The summed E-state index contributed by atoms with van der Waals surface area (Å²) in [6, 6.07) is 12.6. The van der Waals surface area contributed by atoms with Gasteiger partial charge in [-0.25, -0.2) is 0 Å². The average molecular weight is 395 g/mol. The van der Waals surface area contributed by atoms with E-state index in [2.05, 4.69) is 35.3 Å². The Hall–Kier alpha value is -2.40. The predicted octanol–water partition coefficient (Wildman–Crippen LogP) is 6.11. The second-order valence-electron chi connectivity index (χ2n) is 7.49. The van der Waals surface area contributed by atoms with Crippen LogP contribution >= 0.6 is 11.3 Å². The molecule has 1 aliphatic rings. The van der Waals surface area contributed by atoms with Crippen molar-refractivity contribution in [2.24, 2.45) is 0 Å². The Morgan fingerprint density at radius 2 is 1.93 bits per heavy atom. The van der Waals surface area contributed by atoms with Crippen molar-refractivity contribution >= 4 is 11.3 Å². The van der Waals surface area contributed by atoms with Crippen molar-refractivity contribution in [2.75, 3.05) is 6.61 Å². The molecule has 0 bridgehead atoms. The van der Waals surface area contributed by atoms with Crippen LogP contribution in [0.4, 0.5) is 0 Å². The minimum atomic E-state index is 0.0979. The quantitative estimate of drug-likeness (QED) is 0.506. The van der Waals surface area contributed by atoms with E-state index in [1.54, 1.807) is 11.3 Å². The van der Waals surface area contributed by atoms with Gasteiger partial charge in [0.25, 0.3) is 0 Å². The van der Waals surface area contributed by atoms with Crippen molar-refractivity contribution in [1.82, 2.24) is 10.2 Å². The van der Waals surface area contributed by atoms with Gasteiger partial charge in [-0.15, -0.1) is 10.2 Å². The molecule has 0 spiro atoms. The molecule has 0 aliphatic heterocycles. The second-order valence-corrected chi connectivity index (χ2v) is 8.46. The van der Waals surface area contributed by atoms with Crippen molar-refractivity contribution < 1.29 is 9.47 Å². The molecule has 1 aliphatic carbocycles. The Kier molecular flexibility index (Phi) is 5.36. The molecule has 28 heavy (non-hydrogen) atoms. The summed E-state index contributed by atoms with van der Waals surface area (Å²) in [5.41, 5.74) is 5.14. The van der Waals surface area contributed by atoms with Crippen LogP contribution in [0.1, 0.15) is 51.2 Å². The first-order valence-electron chi connectivity index (χ1n) is 9.96. The van der Waals surface area contributed by atoms with Crippen molar-refractivity contribution in [2.45, 2.75) is 52.6 Å². The first-order valence-corrected chi connectivity index (χ1v) is 10.8. The zero-order valence-electron chi connectivity index (χ0n) is 16.9. The van der Waals surface area contributed by atoms with Gasteiger partial charge in [-0.05, 0) is 68.9 Å². The van der Waals surface area contributed by atoms with Crippen LogP contribution in [0.25, 0.3) is 21.1 Å². The average Bonchev–Trinajstić information content (AvgIpc) is 3.30. The van der Waals surface area contributed by atoms with Crippen LogP contribution < -0.4 is 9.47 Å². The molecule has 3 aromatic rings. The molecule has 1 atom stereocenters. The van der Waals surface area contributed by atoms with Crippen LogP contribution in [-0.4, -0.2) is 22.9 Å². The third kappa shape index (κ3) is 3.63. The molecule has 0 fully saturated rings. The van der Waals surface area contributed by atoms with Crippen LogP contribution in [0, 0.1) is 0 Å². The molecule has 1 aromatic heterocycles. The molecule has 0 radical (unpaired) electrons. The third-order valence-electron chi connectivity index (χ3n) is 5.08. The van der Waals surface area contributed by atoms with Crippen LogP contribution in [0.15, 0.2) is 36.4 Å². The fourth-order valence-electron chi connectivity index (χ4n) is 3.77. The number of hydrogen-bond acceptors (Lipinski definition) is 5. The summed E-state index contributed by atoms with van der Waals surface area (Å²) in [6.45, 7) is 8.90. The van der Waals surface area contributed by atoms with Gasteiger partial charge in [-0.3, -0.25) is 0 Å². The Labute approximate surface area is 170 Å². The topological polar surface area (TPSA) is 44.2 Å². The highest BCUT2D eigenvalue weighted by Gasteiger charge is 2.23. The van der Waals surface area contributed by atoms with Gasteiger partial charge in [0.15, 0.2) is 11.5 Å².